The van der Waals surface area contributed by atoms with E-state index in [0.717, 1.165) is 0 Å². The first kappa shape index (κ1) is 12.0. The minimum absolute atomic E-state index is 0.0933. The van der Waals surface area contributed by atoms with Gasteiger partial charge in [-0.05, 0) is 6.07 Å². The molecule has 16 heavy (non-hydrogen) atoms. The van der Waals surface area contributed by atoms with Crippen molar-refractivity contribution in [3.63, 3.8) is 0 Å². The molecule has 86 valence electrons. The normalized spacial score (nSPS) is 9.69. The lowest BCUT2D eigenvalue weighted by Gasteiger charge is -2.16. The summed E-state index contributed by atoms with van der Waals surface area (Å²) in [7, 11) is 5.03. The minimum atomic E-state index is -0.522. The number of hydrogen-bond donors (Lipinski definition) is 1. The van der Waals surface area contributed by atoms with Crippen molar-refractivity contribution < 1.29 is 9.72 Å². The van der Waals surface area contributed by atoms with E-state index >= 15 is 0 Å². The highest BCUT2D eigenvalue weighted by Crippen LogP contribution is 2.23. The van der Waals surface area contributed by atoms with Crippen molar-refractivity contribution in [3.05, 3.63) is 33.9 Å². The van der Waals surface area contributed by atoms with Crippen LogP contribution >= 0.6 is 0 Å². The van der Waals surface area contributed by atoms with E-state index in [2.05, 4.69) is 5.32 Å². The molecule has 0 spiro atoms. The smallest absolute Gasteiger partial charge is 0.270 e. The molecule has 1 amide bonds. The quantitative estimate of drug-likeness (QED) is 0.613. The molecule has 1 aromatic rings. The molecule has 6 nitrogen and oxygen atoms in total. The number of nitro groups is 1. The molecule has 0 aliphatic rings. The van der Waals surface area contributed by atoms with Gasteiger partial charge in [0.05, 0.1) is 10.5 Å². The van der Waals surface area contributed by atoms with Gasteiger partial charge in [0, 0.05) is 39.0 Å². The van der Waals surface area contributed by atoms with Gasteiger partial charge in [0.25, 0.3) is 11.6 Å². The lowest BCUT2D eigenvalue weighted by molar-refractivity contribution is -0.384. The molecule has 0 heterocycles. The number of anilines is 1. The van der Waals surface area contributed by atoms with Crippen LogP contribution in [-0.2, 0) is 0 Å². The summed E-state index contributed by atoms with van der Waals surface area (Å²) in [6, 6.07) is 4.21. The summed E-state index contributed by atoms with van der Waals surface area (Å²) >= 11 is 0. The number of nitro benzene ring substituents is 1. The predicted molar refractivity (Wildman–Crippen MR) is 60.8 cm³/mol. The van der Waals surface area contributed by atoms with Crippen LogP contribution < -0.4 is 10.2 Å². The molecule has 0 atom stereocenters. The van der Waals surface area contributed by atoms with Gasteiger partial charge in [0.1, 0.15) is 0 Å². The van der Waals surface area contributed by atoms with Crippen molar-refractivity contribution in [2.24, 2.45) is 0 Å². The molecule has 0 saturated heterocycles. The molecule has 1 aromatic carbocycles. The molecule has 1 N–H and O–H groups in total. The Morgan fingerprint density at radius 2 is 2.06 bits per heavy atom. The van der Waals surface area contributed by atoms with E-state index in [1.165, 1.54) is 19.2 Å². The second kappa shape index (κ2) is 4.61. The molecule has 1 rings (SSSR count). The van der Waals surface area contributed by atoms with Crippen LogP contribution in [0.3, 0.4) is 0 Å². The summed E-state index contributed by atoms with van der Waals surface area (Å²) in [5.41, 5.74) is 0.843. The average Bonchev–Trinajstić information content (AvgIpc) is 2.26. The largest absolute Gasteiger partial charge is 0.377 e. The Bertz CT molecular complexity index is 429. The molecule has 0 fully saturated rings. The Hall–Kier alpha value is -2.11. The number of rotatable bonds is 3. The van der Waals surface area contributed by atoms with E-state index in [0.29, 0.717) is 11.3 Å². The van der Waals surface area contributed by atoms with E-state index in [4.69, 9.17) is 0 Å². The third-order valence-corrected chi connectivity index (χ3v) is 2.14. The summed E-state index contributed by atoms with van der Waals surface area (Å²) in [4.78, 5) is 23.4. The minimum Gasteiger partial charge on any atom is -0.377 e. The Morgan fingerprint density at radius 3 is 2.50 bits per heavy atom. The van der Waals surface area contributed by atoms with Crippen molar-refractivity contribution in [2.75, 3.05) is 26.0 Å². The highest BCUT2D eigenvalue weighted by molar-refractivity contribution is 6.00. The molecule has 0 aliphatic carbocycles. The van der Waals surface area contributed by atoms with Crippen molar-refractivity contribution in [1.29, 1.82) is 0 Å². The first-order chi connectivity index (χ1) is 7.47. The lowest BCUT2D eigenvalue weighted by atomic mass is 10.1. The van der Waals surface area contributed by atoms with E-state index in [9.17, 15) is 14.9 Å². The number of hydrogen-bond acceptors (Lipinski definition) is 4. The zero-order valence-electron chi connectivity index (χ0n) is 9.35. The highest BCUT2D eigenvalue weighted by atomic mass is 16.6. The Balaban J connectivity index is 3.32. The summed E-state index contributed by atoms with van der Waals surface area (Å²) in [5, 5.41) is 13.1. The van der Waals surface area contributed by atoms with Gasteiger partial charge >= 0.3 is 0 Å². The van der Waals surface area contributed by atoms with Crippen LogP contribution in [0.25, 0.3) is 0 Å². The third-order valence-electron chi connectivity index (χ3n) is 2.14. The van der Waals surface area contributed by atoms with Crippen LogP contribution in [0.5, 0.6) is 0 Å². The van der Waals surface area contributed by atoms with Crippen molar-refractivity contribution >= 4 is 17.3 Å². The zero-order chi connectivity index (χ0) is 12.3. The Labute approximate surface area is 93.0 Å². The van der Waals surface area contributed by atoms with Crippen LogP contribution in [0.1, 0.15) is 10.4 Å². The monoisotopic (exact) mass is 223 g/mol. The fourth-order valence-corrected chi connectivity index (χ4v) is 1.34. The number of nitrogens with one attached hydrogen (secondary N) is 1. The molecule has 0 aromatic heterocycles. The summed E-state index contributed by atoms with van der Waals surface area (Å²) in [6.45, 7) is 0. The third kappa shape index (κ3) is 2.28. The topological polar surface area (TPSA) is 75.5 Å². The first-order valence-electron chi connectivity index (χ1n) is 4.65. The molecule has 0 bridgehead atoms. The van der Waals surface area contributed by atoms with Crippen molar-refractivity contribution in [1.82, 2.24) is 5.32 Å². The standard InChI is InChI=1S/C10H13N3O3/c1-11-10(14)8-6-7(13(15)16)4-5-9(8)12(2)3/h4-6H,1-3H3,(H,11,14). The van der Waals surface area contributed by atoms with Gasteiger partial charge in [-0.15, -0.1) is 0 Å². The maximum atomic E-state index is 11.6. The van der Waals surface area contributed by atoms with Crippen LogP contribution in [0, 0.1) is 10.1 Å². The van der Waals surface area contributed by atoms with Gasteiger partial charge in [-0.1, -0.05) is 0 Å². The molecule has 0 saturated carbocycles. The van der Waals surface area contributed by atoms with Crippen LogP contribution in [-0.4, -0.2) is 32.0 Å². The molecular formula is C10H13N3O3. The van der Waals surface area contributed by atoms with E-state index in [-0.39, 0.29) is 11.6 Å². The number of non-ortho nitro benzene ring substituents is 1. The molecule has 0 aliphatic heterocycles. The fraction of sp³-hybridized carbons (Fsp3) is 0.300. The maximum Gasteiger partial charge on any atom is 0.270 e. The first-order valence-corrected chi connectivity index (χ1v) is 4.65. The molecule has 0 unspecified atom stereocenters. The number of benzene rings is 1. The van der Waals surface area contributed by atoms with Crippen molar-refractivity contribution in [2.45, 2.75) is 0 Å². The average molecular weight is 223 g/mol. The SMILES string of the molecule is CNC(=O)c1cc([N+](=O)[O-])ccc1N(C)C. The van der Waals surface area contributed by atoms with E-state index < -0.39 is 4.92 Å². The van der Waals surface area contributed by atoms with Crippen LogP contribution in [0.15, 0.2) is 18.2 Å². The van der Waals surface area contributed by atoms with Gasteiger partial charge in [-0.2, -0.15) is 0 Å². The number of carbonyl (C=O) groups is 1. The van der Waals surface area contributed by atoms with E-state index in [1.54, 1.807) is 25.1 Å². The molecule has 6 heteroatoms. The second-order valence-corrected chi connectivity index (χ2v) is 3.43. The number of amides is 1. The predicted octanol–water partition coefficient (Wildman–Crippen LogP) is 1.02. The fourth-order valence-electron chi connectivity index (χ4n) is 1.34. The molecular weight excluding hydrogens is 210 g/mol. The number of carbonyl (C=O) groups excluding carboxylic acids is 1. The Kier molecular flexibility index (Phi) is 3.44. The maximum absolute atomic E-state index is 11.6. The Morgan fingerprint density at radius 1 is 1.44 bits per heavy atom. The van der Waals surface area contributed by atoms with Crippen LogP contribution in [0.2, 0.25) is 0 Å². The van der Waals surface area contributed by atoms with Crippen LogP contribution in [0.4, 0.5) is 11.4 Å². The van der Waals surface area contributed by atoms with Gasteiger partial charge in [-0.25, -0.2) is 0 Å². The second-order valence-electron chi connectivity index (χ2n) is 3.43. The number of nitrogens with zero attached hydrogens (tertiary/aromatic N) is 2. The van der Waals surface area contributed by atoms with Gasteiger partial charge < -0.3 is 10.2 Å². The summed E-state index contributed by atoms with van der Waals surface area (Å²) in [5.74, 6) is -0.340. The van der Waals surface area contributed by atoms with Gasteiger partial charge in [0.15, 0.2) is 0 Å². The van der Waals surface area contributed by atoms with Gasteiger partial charge in [-0.3, -0.25) is 14.9 Å². The zero-order valence-corrected chi connectivity index (χ0v) is 9.35. The van der Waals surface area contributed by atoms with Crippen molar-refractivity contribution in [3.8, 4) is 0 Å². The summed E-state index contributed by atoms with van der Waals surface area (Å²) < 4.78 is 0. The molecule has 0 radical (unpaired) electrons. The summed E-state index contributed by atoms with van der Waals surface area (Å²) in [6.07, 6.45) is 0. The lowest BCUT2D eigenvalue weighted by Crippen LogP contribution is -2.22. The van der Waals surface area contributed by atoms with E-state index in [1.807, 2.05) is 0 Å². The van der Waals surface area contributed by atoms with Gasteiger partial charge in [0.2, 0.25) is 0 Å². The highest BCUT2D eigenvalue weighted by Gasteiger charge is 2.16.